The number of nitrogens with zero attached hydrogens (tertiary/aromatic N) is 3. The first-order valence-corrected chi connectivity index (χ1v) is 10.1. The molecule has 0 bridgehead atoms. The zero-order valence-electron chi connectivity index (χ0n) is 17.6. The van der Waals surface area contributed by atoms with Gasteiger partial charge < -0.3 is 14.2 Å². The Hall–Kier alpha value is -3.48. The lowest BCUT2D eigenvalue weighted by atomic mass is 9.80. The maximum absolute atomic E-state index is 15.0. The van der Waals surface area contributed by atoms with Crippen LogP contribution in [-0.2, 0) is 10.3 Å². The molecule has 1 spiro atoms. The van der Waals surface area contributed by atoms with E-state index in [1.54, 1.807) is 18.5 Å². The third kappa shape index (κ3) is 3.40. The van der Waals surface area contributed by atoms with Gasteiger partial charge in [-0.1, -0.05) is 20.8 Å². The van der Waals surface area contributed by atoms with Crippen LogP contribution in [0.5, 0.6) is 17.2 Å². The number of benzene rings is 2. The molecule has 6 nitrogen and oxygen atoms in total. The van der Waals surface area contributed by atoms with Crippen molar-refractivity contribution in [2.24, 2.45) is 10.4 Å². The summed E-state index contributed by atoms with van der Waals surface area (Å²) in [6, 6.07) is 8.77. The minimum absolute atomic E-state index is 0.0233. The van der Waals surface area contributed by atoms with Crippen LogP contribution in [0.15, 0.2) is 54.0 Å². The van der Waals surface area contributed by atoms with Crippen LogP contribution in [-0.4, -0.2) is 29.6 Å². The molecule has 7 heteroatoms. The topological polar surface area (TPSA) is 65.8 Å². The molecule has 3 heterocycles. The first-order chi connectivity index (χ1) is 14.9. The summed E-state index contributed by atoms with van der Waals surface area (Å²) in [5, 5.41) is 0. The van der Waals surface area contributed by atoms with E-state index in [0.29, 0.717) is 29.2 Å². The molecule has 0 saturated carbocycles. The molecule has 1 atom stereocenters. The number of rotatable bonds is 3. The summed E-state index contributed by atoms with van der Waals surface area (Å²) in [7, 11) is 0. The van der Waals surface area contributed by atoms with Gasteiger partial charge in [-0.05, 0) is 29.7 Å². The quantitative estimate of drug-likeness (QED) is 0.590. The maximum atomic E-state index is 15.0. The molecular weight excluding hydrogens is 397 g/mol. The average molecular weight is 419 g/mol. The van der Waals surface area contributed by atoms with Gasteiger partial charge in [-0.15, -0.1) is 0 Å². The maximum Gasteiger partial charge on any atom is 0.170 e. The second kappa shape index (κ2) is 7.04. The number of hydrogen-bond donors (Lipinski definition) is 0. The Kier molecular flexibility index (Phi) is 4.43. The van der Waals surface area contributed by atoms with Gasteiger partial charge in [0.05, 0.1) is 6.61 Å². The van der Waals surface area contributed by atoms with E-state index < -0.39 is 11.4 Å². The van der Waals surface area contributed by atoms with Crippen LogP contribution >= 0.6 is 0 Å². The van der Waals surface area contributed by atoms with Crippen LogP contribution in [0, 0.1) is 11.2 Å². The summed E-state index contributed by atoms with van der Waals surface area (Å²) in [4.78, 5) is 12.7. The number of fused-ring (bicyclic) bond motifs is 4. The number of ether oxygens (including phenoxy) is 3. The van der Waals surface area contributed by atoms with Crippen LogP contribution in [0.25, 0.3) is 11.1 Å². The summed E-state index contributed by atoms with van der Waals surface area (Å²) in [5.41, 5.74) is 1.68. The molecule has 5 rings (SSSR count). The van der Waals surface area contributed by atoms with E-state index in [-0.39, 0.29) is 12.0 Å². The van der Waals surface area contributed by atoms with Gasteiger partial charge in [-0.25, -0.2) is 19.4 Å². The van der Waals surface area contributed by atoms with Gasteiger partial charge in [-0.3, -0.25) is 0 Å². The van der Waals surface area contributed by atoms with Crippen LogP contribution in [0.1, 0.15) is 31.9 Å². The molecule has 2 aliphatic heterocycles. The molecule has 3 aromatic rings. The molecule has 0 fully saturated rings. The van der Waals surface area contributed by atoms with Gasteiger partial charge in [-0.2, -0.15) is 0 Å². The lowest BCUT2D eigenvalue weighted by Crippen LogP contribution is -2.31. The van der Waals surface area contributed by atoms with Crippen LogP contribution in [0.4, 0.5) is 4.39 Å². The van der Waals surface area contributed by atoms with E-state index in [1.165, 1.54) is 18.8 Å². The summed E-state index contributed by atoms with van der Waals surface area (Å²) in [5.74, 6) is 1.33. The first kappa shape index (κ1) is 19.5. The van der Waals surface area contributed by atoms with E-state index in [2.05, 4.69) is 35.7 Å². The van der Waals surface area contributed by atoms with E-state index in [4.69, 9.17) is 14.2 Å². The molecule has 0 aliphatic carbocycles. The van der Waals surface area contributed by atoms with Gasteiger partial charge in [0.15, 0.2) is 11.9 Å². The van der Waals surface area contributed by atoms with E-state index in [1.807, 2.05) is 18.2 Å². The Balaban J connectivity index is 1.63. The Morgan fingerprint density at radius 2 is 1.84 bits per heavy atom. The van der Waals surface area contributed by atoms with E-state index in [9.17, 15) is 4.39 Å². The van der Waals surface area contributed by atoms with Crippen LogP contribution in [0.3, 0.4) is 0 Å². The molecule has 1 aromatic heterocycles. The number of halogens is 1. The minimum Gasteiger partial charge on any atom is -0.493 e. The van der Waals surface area contributed by atoms with E-state index >= 15 is 0 Å². The minimum atomic E-state index is -0.845. The predicted octanol–water partition coefficient (Wildman–Crippen LogP) is 5.12. The second-order valence-electron chi connectivity index (χ2n) is 8.97. The molecular formula is C24H22FN3O3. The lowest BCUT2D eigenvalue weighted by molar-refractivity contribution is 0.197. The highest BCUT2D eigenvalue weighted by atomic mass is 19.1. The van der Waals surface area contributed by atoms with Crippen molar-refractivity contribution in [1.29, 1.82) is 0 Å². The van der Waals surface area contributed by atoms with Crippen LogP contribution in [0.2, 0.25) is 0 Å². The molecule has 158 valence electrons. The van der Waals surface area contributed by atoms with Crippen molar-refractivity contribution in [3.05, 3.63) is 66.0 Å². The standard InChI is InChI=1S/C24H22FN3O3/c1-23(2,3)11-30-16-4-5-21-18(6-16)24(12-29-14-28-24)19-7-17(15-9-26-13-27-10-15)20(25)8-22(19)31-21/h4-10,13-14H,11-12H2,1-3H3/t24-/m0/s1. The van der Waals surface area contributed by atoms with Gasteiger partial charge in [0, 0.05) is 40.7 Å². The second-order valence-corrected chi connectivity index (χ2v) is 8.97. The Morgan fingerprint density at radius 3 is 2.55 bits per heavy atom. The Bertz CT molecular complexity index is 1170. The molecule has 0 N–H and O–H groups in total. The van der Waals surface area contributed by atoms with Gasteiger partial charge in [0.25, 0.3) is 0 Å². The van der Waals surface area contributed by atoms with Crippen molar-refractivity contribution in [1.82, 2.24) is 9.97 Å². The van der Waals surface area contributed by atoms with Crippen molar-refractivity contribution < 1.29 is 18.6 Å². The highest BCUT2D eigenvalue weighted by molar-refractivity contribution is 5.71. The van der Waals surface area contributed by atoms with E-state index in [0.717, 1.165) is 16.9 Å². The third-order valence-electron chi connectivity index (χ3n) is 5.31. The van der Waals surface area contributed by atoms with Gasteiger partial charge in [0.1, 0.15) is 36.0 Å². The smallest absolute Gasteiger partial charge is 0.170 e. The molecule has 31 heavy (non-hydrogen) atoms. The zero-order chi connectivity index (χ0) is 21.6. The summed E-state index contributed by atoms with van der Waals surface area (Å²) in [6.45, 7) is 7.20. The number of aromatic nitrogens is 2. The lowest BCUT2D eigenvalue weighted by Gasteiger charge is -2.34. The van der Waals surface area contributed by atoms with Gasteiger partial charge in [0.2, 0.25) is 0 Å². The summed E-state index contributed by atoms with van der Waals surface area (Å²) >= 11 is 0. The normalized spacial score (nSPS) is 18.8. The largest absolute Gasteiger partial charge is 0.493 e. The van der Waals surface area contributed by atoms with Crippen molar-refractivity contribution in [2.45, 2.75) is 26.3 Å². The average Bonchev–Trinajstić information content (AvgIpc) is 3.23. The zero-order valence-corrected chi connectivity index (χ0v) is 17.6. The van der Waals surface area contributed by atoms with Crippen LogP contribution < -0.4 is 9.47 Å². The Morgan fingerprint density at radius 1 is 1.06 bits per heavy atom. The van der Waals surface area contributed by atoms with Crippen molar-refractivity contribution >= 4 is 6.40 Å². The number of aliphatic imine (C=N–C) groups is 1. The molecule has 2 aliphatic rings. The SMILES string of the molecule is CC(C)(C)COc1ccc2c(c1)[C@@]1(COC=N1)c1cc(-c3cncnc3)c(F)cc1O2. The highest BCUT2D eigenvalue weighted by Crippen LogP contribution is 2.52. The molecule has 0 amide bonds. The first-order valence-electron chi connectivity index (χ1n) is 10.1. The summed E-state index contributed by atoms with van der Waals surface area (Å²) < 4.78 is 32.6. The number of hydrogen-bond acceptors (Lipinski definition) is 6. The summed E-state index contributed by atoms with van der Waals surface area (Å²) in [6.07, 6.45) is 6.01. The van der Waals surface area contributed by atoms with Crippen molar-refractivity contribution in [2.75, 3.05) is 13.2 Å². The highest BCUT2D eigenvalue weighted by Gasteiger charge is 2.46. The fourth-order valence-electron chi connectivity index (χ4n) is 3.81. The fourth-order valence-corrected chi connectivity index (χ4v) is 3.81. The molecule has 0 saturated heterocycles. The predicted molar refractivity (Wildman–Crippen MR) is 114 cm³/mol. The third-order valence-corrected chi connectivity index (χ3v) is 5.31. The molecule has 0 unspecified atom stereocenters. The fraction of sp³-hybridized carbons (Fsp3) is 0.292. The Labute approximate surface area is 179 Å². The van der Waals surface area contributed by atoms with Gasteiger partial charge >= 0.3 is 0 Å². The molecule has 0 radical (unpaired) electrons. The molecule has 2 aromatic carbocycles. The monoisotopic (exact) mass is 419 g/mol. The van der Waals surface area contributed by atoms with Crippen molar-refractivity contribution in [3.63, 3.8) is 0 Å². The van der Waals surface area contributed by atoms with Crippen molar-refractivity contribution in [3.8, 4) is 28.4 Å².